The molecule has 1 heterocycles. The molecule has 1 aliphatic rings. The molecule has 0 saturated carbocycles. The number of nitrogens with one attached hydrogen (secondary N) is 2. The maximum atomic E-state index is 12.2. The molecule has 1 fully saturated rings. The van der Waals surface area contributed by atoms with Gasteiger partial charge in [-0.3, -0.25) is 4.79 Å². The smallest absolute Gasteiger partial charge is 0.260 e. The lowest BCUT2D eigenvalue weighted by atomic mass is 10.0. The fourth-order valence-electron chi connectivity index (χ4n) is 2.97. The Balaban J connectivity index is 0.00000288. The van der Waals surface area contributed by atoms with E-state index in [2.05, 4.69) is 36.6 Å². The molecule has 0 spiro atoms. The van der Waals surface area contributed by atoms with E-state index < -0.39 is 6.10 Å². The van der Waals surface area contributed by atoms with Gasteiger partial charge in [0, 0.05) is 6.54 Å². The van der Waals surface area contributed by atoms with Crippen LogP contribution >= 0.6 is 12.4 Å². The SMILES string of the molecule is Cc1ccc(C(C)C)c(OC(C)C(=O)NCCC2CCNC2)c1.Cl. The van der Waals surface area contributed by atoms with Crippen LogP contribution in [0, 0.1) is 12.8 Å². The van der Waals surface area contributed by atoms with Crippen molar-refractivity contribution >= 4 is 18.3 Å². The van der Waals surface area contributed by atoms with Crippen LogP contribution in [0.3, 0.4) is 0 Å². The molecule has 2 atom stereocenters. The summed E-state index contributed by atoms with van der Waals surface area (Å²) in [6.07, 6.45) is 1.77. The molecule has 1 amide bonds. The number of hydrogen-bond donors (Lipinski definition) is 2. The number of rotatable bonds is 7. The first-order valence-corrected chi connectivity index (χ1v) is 8.73. The van der Waals surface area contributed by atoms with Crippen molar-refractivity contribution in [1.29, 1.82) is 0 Å². The van der Waals surface area contributed by atoms with Gasteiger partial charge in [0.2, 0.25) is 0 Å². The summed E-state index contributed by atoms with van der Waals surface area (Å²) < 4.78 is 5.95. The Morgan fingerprint density at radius 2 is 2.12 bits per heavy atom. The zero-order chi connectivity index (χ0) is 16.8. The normalized spacial score (nSPS) is 18.1. The van der Waals surface area contributed by atoms with Crippen molar-refractivity contribution < 1.29 is 9.53 Å². The summed E-state index contributed by atoms with van der Waals surface area (Å²) in [6.45, 7) is 11.0. The molecule has 2 unspecified atom stereocenters. The molecule has 1 aromatic rings. The van der Waals surface area contributed by atoms with E-state index in [-0.39, 0.29) is 18.3 Å². The Bertz CT molecular complexity index is 528. The molecular weight excluding hydrogens is 324 g/mol. The van der Waals surface area contributed by atoms with Crippen LogP contribution in [-0.2, 0) is 4.79 Å². The maximum absolute atomic E-state index is 12.2. The average Bonchev–Trinajstić information content (AvgIpc) is 3.00. The van der Waals surface area contributed by atoms with E-state index in [0.717, 1.165) is 42.9 Å². The molecule has 1 saturated heterocycles. The third-order valence-corrected chi connectivity index (χ3v) is 4.48. The summed E-state index contributed by atoms with van der Waals surface area (Å²) in [6, 6.07) is 6.19. The Morgan fingerprint density at radius 3 is 2.75 bits per heavy atom. The molecule has 1 aliphatic heterocycles. The van der Waals surface area contributed by atoms with E-state index in [4.69, 9.17) is 4.74 Å². The van der Waals surface area contributed by atoms with Gasteiger partial charge in [0.25, 0.3) is 5.91 Å². The summed E-state index contributed by atoms with van der Waals surface area (Å²) in [5.41, 5.74) is 2.29. The minimum atomic E-state index is -0.476. The number of aryl methyl sites for hydroxylation is 1. The highest BCUT2D eigenvalue weighted by Gasteiger charge is 2.19. The molecule has 136 valence electrons. The molecule has 0 bridgehead atoms. The van der Waals surface area contributed by atoms with Crippen molar-refractivity contribution in [1.82, 2.24) is 10.6 Å². The van der Waals surface area contributed by atoms with Gasteiger partial charge in [-0.15, -0.1) is 12.4 Å². The summed E-state index contributed by atoms with van der Waals surface area (Å²) in [5, 5.41) is 6.35. The van der Waals surface area contributed by atoms with Crippen molar-refractivity contribution in [2.24, 2.45) is 5.92 Å². The highest BCUT2D eigenvalue weighted by molar-refractivity contribution is 5.85. The fourth-order valence-corrected chi connectivity index (χ4v) is 2.97. The molecule has 1 aromatic carbocycles. The number of benzene rings is 1. The second kappa shape index (κ2) is 9.90. The van der Waals surface area contributed by atoms with Gasteiger partial charge in [-0.2, -0.15) is 0 Å². The minimum Gasteiger partial charge on any atom is -0.481 e. The van der Waals surface area contributed by atoms with Crippen LogP contribution in [0.1, 0.15) is 50.7 Å². The van der Waals surface area contributed by atoms with Crippen LogP contribution in [-0.4, -0.2) is 31.6 Å². The third kappa shape index (κ3) is 5.99. The van der Waals surface area contributed by atoms with Gasteiger partial charge in [-0.25, -0.2) is 0 Å². The van der Waals surface area contributed by atoms with E-state index in [1.165, 1.54) is 6.42 Å². The second-order valence-electron chi connectivity index (χ2n) is 6.89. The van der Waals surface area contributed by atoms with Gasteiger partial charge in [0.05, 0.1) is 0 Å². The van der Waals surface area contributed by atoms with Gasteiger partial charge in [-0.1, -0.05) is 26.0 Å². The van der Waals surface area contributed by atoms with Crippen LogP contribution in [0.15, 0.2) is 18.2 Å². The number of hydrogen-bond acceptors (Lipinski definition) is 3. The minimum absolute atomic E-state index is 0. The van der Waals surface area contributed by atoms with Crippen molar-refractivity contribution in [2.45, 2.75) is 52.6 Å². The summed E-state index contributed by atoms with van der Waals surface area (Å²) in [4.78, 5) is 12.2. The predicted octanol–water partition coefficient (Wildman–Crippen LogP) is 3.42. The molecular formula is C19H31ClN2O2. The van der Waals surface area contributed by atoms with E-state index in [1.54, 1.807) is 0 Å². The van der Waals surface area contributed by atoms with E-state index in [0.29, 0.717) is 11.8 Å². The first-order valence-electron chi connectivity index (χ1n) is 8.73. The van der Waals surface area contributed by atoms with E-state index >= 15 is 0 Å². The molecule has 5 heteroatoms. The largest absolute Gasteiger partial charge is 0.481 e. The number of carbonyl (C=O) groups excluding carboxylic acids is 1. The van der Waals surface area contributed by atoms with Crippen LogP contribution in [0.25, 0.3) is 0 Å². The summed E-state index contributed by atoms with van der Waals surface area (Å²) in [7, 11) is 0. The number of carbonyl (C=O) groups is 1. The average molecular weight is 355 g/mol. The van der Waals surface area contributed by atoms with Crippen LogP contribution in [0.4, 0.5) is 0 Å². The Hall–Kier alpha value is -1.26. The van der Waals surface area contributed by atoms with E-state index in [9.17, 15) is 4.79 Å². The zero-order valence-corrected chi connectivity index (χ0v) is 16.0. The van der Waals surface area contributed by atoms with Crippen LogP contribution in [0.5, 0.6) is 5.75 Å². The van der Waals surface area contributed by atoms with Crippen LogP contribution < -0.4 is 15.4 Å². The molecule has 2 rings (SSSR count). The number of ether oxygens (including phenoxy) is 1. The maximum Gasteiger partial charge on any atom is 0.260 e. The third-order valence-electron chi connectivity index (χ3n) is 4.48. The molecule has 2 N–H and O–H groups in total. The highest BCUT2D eigenvalue weighted by Crippen LogP contribution is 2.28. The number of halogens is 1. The molecule has 0 radical (unpaired) electrons. The lowest BCUT2D eigenvalue weighted by Crippen LogP contribution is -2.37. The van der Waals surface area contributed by atoms with Crippen molar-refractivity contribution in [3.63, 3.8) is 0 Å². The summed E-state index contributed by atoms with van der Waals surface area (Å²) >= 11 is 0. The Kier molecular flexibility index (Phi) is 8.57. The number of amides is 1. The second-order valence-corrected chi connectivity index (χ2v) is 6.89. The Morgan fingerprint density at radius 1 is 1.38 bits per heavy atom. The standard InChI is InChI=1S/C19H30N2O2.ClH/c1-13(2)17-6-5-14(3)11-18(17)23-15(4)19(22)21-10-8-16-7-9-20-12-16;/h5-6,11,13,15-16,20H,7-10,12H2,1-4H3,(H,21,22);1H. The highest BCUT2D eigenvalue weighted by atomic mass is 35.5. The molecule has 24 heavy (non-hydrogen) atoms. The van der Waals surface area contributed by atoms with Gasteiger partial charge >= 0.3 is 0 Å². The predicted molar refractivity (Wildman–Crippen MR) is 101 cm³/mol. The first kappa shape index (κ1) is 20.8. The first-order chi connectivity index (χ1) is 11.0. The Labute approximate surface area is 152 Å². The van der Waals surface area contributed by atoms with Crippen molar-refractivity contribution in [2.75, 3.05) is 19.6 Å². The molecule has 0 aliphatic carbocycles. The van der Waals surface area contributed by atoms with Gasteiger partial charge in [0.15, 0.2) is 6.10 Å². The van der Waals surface area contributed by atoms with Gasteiger partial charge in [-0.05, 0) is 68.8 Å². The quantitative estimate of drug-likeness (QED) is 0.788. The van der Waals surface area contributed by atoms with Gasteiger partial charge in [0.1, 0.15) is 5.75 Å². The fraction of sp³-hybridized carbons (Fsp3) is 0.632. The monoisotopic (exact) mass is 354 g/mol. The lowest BCUT2D eigenvalue weighted by Gasteiger charge is -2.19. The molecule has 4 nitrogen and oxygen atoms in total. The van der Waals surface area contributed by atoms with E-state index in [1.807, 2.05) is 19.9 Å². The topological polar surface area (TPSA) is 50.4 Å². The molecule has 0 aromatic heterocycles. The van der Waals surface area contributed by atoms with Crippen molar-refractivity contribution in [3.05, 3.63) is 29.3 Å². The van der Waals surface area contributed by atoms with Crippen LogP contribution in [0.2, 0.25) is 0 Å². The van der Waals surface area contributed by atoms with Gasteiger partial charge < -0.3 is 15.4 Å². The summed E-state index contributed by atoms with van der Waals surface area (Å²) in [5.74, 6) is 1.85. The zero-order valence-electron chi connectivity index (χ0n) is 15.2. The van der Waals surface area contributed by atoms with Crippen molar-refractivity contribution in [3.8, 4) is 5.75 Å². The lowest BCUT2D eigenvalue weighted by molar-refractivity contribution is -0.127.